The van der Waals surface area contributed by atoms with Gasteiger partial charge in [0.1, 0.15) is 11.4 Å². The Morgan fingerprint density at radius 2 is 2.14 bits per heavy atom. The Balaban J connectivity index is 1.70. The monoisotopic (exact) mass is 300 g/mol. The number of nitrogens with zero attached hydrogens (tertiary/aromatic N) is 3. The molecule has 3 aromatic rings. The van der Waals surface area contributed by atoms with Gasteiger partial charge in [-0.2, -0.15) is 5.10 Å². The van der Waals surface area contributed by atoms with E-state index < -0.39 is 0 Å². The number of carbonyl (C=O) groups is 1. The number of thiophene rings is 1. The van der Waals surface area contributed by atoms with Gasteiger partial charge in [0.25, 0.3) is 5.91 Å². The summed E-state index contributed by atoms with van der Waals surface area (Å²) in [6.07, 6.45) is 6.26. The van der Waals surface area contributed by atoms with Crippen molar-refractivity contribution in [1.82, 2.24) is 19.7 Å². The average Bonchev–Trinajstić information content (AvgIpc) is 3.18. The van der Waals surface area contributed by atoms with Crippen LogP contribution in [0.4, 0.5) is 0 Å². The van der Waals surface area contributed by atoms with Crippen molar-refractivity contribution in [3.8, 4) is 5.82 Å². The summed E-state index contributed by atoms with van der Waals surface area (Å²) in [5, 5.41) is 9.19. The van der Waals surface area contributed by atoms with Gasteiger partial charge in [-0.25, -0.2) is 0 Å². The summed E-state index contributed by atoms with van der Waals surface area (Å²) >= 11 is 1.70. The van der Waals surface area contributed by atoms with Crippen LogP contribution in [0, 0.1) is 0 Å². The van der Waals surface area contributed by atoms with Gasteiger partial charge in [0.2, 0.25) is 0 Å². The third-order valence-electron chi connectivity index (χ3n) is 3.24. The van der Waals surface area contributed by atoms with Crippen LogP contribution in [0.15, 0.2) is 48.2 Å². The molecule has 0 aliphatic heterocycles. The molecule has 0 atom stereocenters. The van der Waals surface area contributed by atoms with Gasteiger partial charge in [-0.1, -0.05) is 6.07 Å². The van der Waals surface area contributed by atoms with Crippen LogP contribution < -0.4 is 5.32 Å². The number of carbonyl (C=O) groups excluding carboxylic acids is 1. The topological polar surface area (TPSA) is 51.9 Å². The molecular weight excluding hydrogens is 284 g/mol. The van der Waals surface area contributed by atoms with Crippen LogP contribution in [0.25, 0.3) is 5.82 Å². The van der Waals surface area contributed by atoms with Crippen molar-refractivity contribution in [3.05, 3.63) is 58.7 Å². The Hall–Kier alpha value is -2.34. The second kappa shape index (κ2) is 5.97. The molecular formula is C15H16N4OS. The first-order valence-corrected chi connectivity index (χ1v) is 7.59. The molecule has 3 rings (SSSR count). The summed E-state index contributed by atoms with van der Waals surface area (Å²) in [6.45, 7) is 0.624. The predicted octanol–water partition coefficient (Wildman–Crippen LogP) is 2.24. The summed E-state index contributed by atoms with van der Waals surface area (Å²) in [6, 6.07) is 7.94. The lowest BCUT2D eigenvalue weighted by atomic mass is 10.3. The zero-order chi connectivity index (χ0) is 14.7. The Morgan fingerprint density at radius 1 is 1.33 bits per heavy atom. The third-order valence-corrected chi connectivity index (χ3v) is 4.17. The first kappa shape index (κ1) is 13.6. The van der Waals surface area contributed by atoms with Gasteiger partial charge in [0.15, 0.2) is 0 Å². The van der Waals surface area contributed by atoms with Crippen LogP contribution in [-0.2, 0) is 13.5 Å². The molecule has 0 unspecified atom stereocenters. The molecule has 0 spiro atoms. The van der Waals surface area contributed by atoms with E-state index in [0.29, 0.717) is 12.1 Å². The summed E-state index contributed by atoms with van der Waals surface area (Å²) in [4.78, 5) is 13.6. The lowest BCUT2D eigenvalue weighted by molar-refractivity contribution is 0.0954. The molecule has 3 heterocycles. The number of hydrogen-bond donors (Lipinski definition) is 1. The largest absolute Gasteiger partial charge is 0.352 e. The van der Waals surface area contributed by atoms with Crippen LogP contribution in [0.1, 0.15) is 15.2 Å². The van der Waals surface area contributed by atoms with Gasteiger partial charge in [0.05, 0.1) is 6.20 Å². The van der Waals surface area contributed by atoms with E-state index in [1.807, 2.05) is 47.6 Å². The first-order valence-electron chi connectivity index (χ1n) is 6.71. The van der Waals surface area contributed by atoms with Gasteiger partial charge in [-0.05, 0) is 30.0 Å². The number of aryl methyl sites for hydroxylation is 1. The van der Waals surface area contributed by atoms with E-state index in [1.54, 1.807) is 22.2 Å². The molecule has 21 heavy (non-hydrogen) atoms. The second-order valence-corrected chi connectivity index (χ2v) is 5.71. The Kier molecular flexibility index (Phi) is 3.87. The molecule has 3 aromatic heterocycles. The highest BCUT2D eigenvalue weighted by atomic mass is 32.1. The summed E-state index contributed by atoms with van der Waals surface area (Å²) in [5.41, 5.74) is 0.583. The Morgan fingerprint density at radius 3 is 2.86 bits per heavy atom. The molecule has 5 nitrogen and oxygen atoms in total. The maximum atomic E-state index is 12.3. The number of nitrogens with one attached hydrogen (secondary N) is 1. The first-order chi connectivity index (χ1) is 10.3. The fraction of sp³-hybridized carbons (Fsp3) is 0.200. The molecule has 0 fully saturated rings. The Bertz CT molecular complexity index is 713. The predicted molar refractivity (Wildman–Crippen MR) is 82.9 cm³/mol. The van der Waals surface area contributed by atoms with Crippen LogP contribution in [0.3, 0.4) is 0 Å². The van der Waals surface area contributed by atoms with Crippen LogP contribution in [0.2, 0.25) is 0 Å². The average molecular weight is 300 g/mol. The molecule has 0 aromatic carbocycles. The highest BCUT2D eigenvalue weighted by molar-refractivity contribution is 7.09. The quantitative estimate of drug-likeness (QED) is 0.785. The standard InChI is InChI=1S/C15H16N4OS/c1-18-15(19-8-2-3-9-19)13(11-17-18)14(20)16-7-6-12-5-4-10-21-12/h2-5,8-11H,6-7H2,1H3,(H,16,20). The van der Waals surface area contributed by atoms with E-state index in [0.717, 1.165) is 12.2 Å². The van der Waals surface area contributed by atoms with Gasteiger partial charge < -0.3 is 9.88 Å². The zero-order valence-corrected chi connectivity index (χ0v) is 12.5. The van der Waals surface area contributed by atoms with E-state index in [2.05, 4.69) is 16.5 Å². The van der Waals surface area contributed by atoms with E-state index in [9.17, 15) is 4.79 Å². The minimum Gasteiger partial charge on any atom is -0.352 e. The molecule has 0 aliphatic rings. The van der Waals surface area contributed by atoms with Crippen molar-refractivity contribution in [2.75, 3.05) is 6.54 Å². The number of hydrogen-bond acceptors (Lipinski definition) is 3. The third kappa shape index (κ3) is 2.90. The molecule has 108 valence electrons. The van der Waals surface area contributed by atoms with Gasteiger partial charge in [-0.3, -0.25) is 9.48 Å². The summed E-state index contributed by atoms with van der Waals surface area (Å²) < 4.78 is 3.59. The minimum atomic E-state index is -0.0941. The lowest BCUT2D eigenvalue weighted by Gasteiger charge is -2.08. The van der Waals surface area contributed by atoms with E-state index in [1.165, 1.54) is 4.88 Å². The normalized spacial score (nSPS) is 10.7. The number of rotatable bonds is 5. The van der Waals surface area contributed by atoms with Crippen molar-refractivity contribution in [2.24, 2.45) is 7.05 Å². The van der Waals surface area contributed by atoms with Crippen molar-refractivity contribution in [2.45, 2.75) is 6.42 Å². The maximum absolute atomic E-state index is 12.3. The number of amides is 1. The lowest BCUT2D eigenvalue weighted by Crippen LogP contribution is -2.26. The molecule has 0 bridgehead atoms. The van der Waals surface area contributed by atoms with Crippen LogP contribution in [-0.4, -0.2) is 26.8 Å². The van der Waals surface area contributed by atoms with Crippen molar-refractivity contribution in [1.29, 1.82) is 0 Å². The molecule has 0 saturated carbocycles. The Labute approximate surface area is 126 Å². The van der Waals surface area contributed by atoms with E-state index in [-0.39, 0.29) is 5.91 Å². The van der Waals surface area contributed by atoms with Crippen molar-refractivity contribution >= 4 is 17.2 Å². The SMILES string of the molecule is Cn1ncc(C(=O)NCCc2cccs2)c1-n1cccc1. The molecule has 0 saturated heterocycles. The van der Waals surface area contributed by atoms with Crippen molar-refractivity contribution < 1.29 is 4.79 Å². The second-order valence-electron chi connectivity index (χ2n) is 4.68. The van der Waals surface area contributed by atoms with Gasteiger partial charge in [-0.15, -0.1) is 11.3 Å². The molecule has 0 aliphatic carbocycles. The number of aromatic nitrogens is 3. The highest BCUT2D eigenvalue weighted by Crippen LogP contribution is 2.14. The van der Waals surface area contributed by atoms with Crippen molar-refractivity contribution in [3.63, 3.8) is 0 Å². The van der Waals surface area contributed by atoms with Crippen LogP contribution >= 0.6 is 11.3 Å². The maximum Gasteiger partial charge on any atom is 0.256 e. The van der Waals surface area contributed by atoms with Gasteiger partial charge in [0, 0.05) is 30.9 Å². The summed E-state index contributed by atoms with van der Waals surface area (Å²) in [7, 11) is 1.83. The fourth-order valence-corrected chi connectivity index (χ4v) is 2.93. The smallest absolute Gasteiger partial charge is 0.256 e. The fourth-order valence-electron chi connectivity index (χ4n) is 2.22. The molecule has 6 heteroatoms. The van der Waals surface area contributed by atoms with E-state index >= 15 is 0 Å². The van der Waals surface area contributed by atoms with E-state index in [4.69, 9.17) is 0 Å². The zero-order valence-electron chi connectivity index (χ0n) is 11.7. The molecule has 1 amide bonds. The molecule has 0 radical (unpaired) electrons. The van der Waals surface area contributed by atoms with Gasteiger partial charge >= 0.3 is 0 Å². The van der Waals surface area contributed by atoms with Crippen LogP contribution in [0.5, 0.6) is 0 Å². The highest BCUT2D eigenvalue weighted by Gasteiger charge is 2.16. The summed E-state index contributed by atoms with van der Waals surface area (Å²) in [5.74, 6) is 0.678. The molecule has 1 N–H and O–H groups in total. The minimum absolute atomic E-state index is 0.0941.